The second-order valence-electron chi connectivity index (χ2n) is 2.50. The Balaban J connectivity index is 2.28. The summed E-state index contributed by atoms with van der Waals surface area (Å²) in [5, 5.41) is 5.95. The van der Waals surface area contributed by atoms with E-state index in [2.05, 4.69) is 35.8 Å². The van der Waals surface area contributed by atoms with Crippen molar-refractivity contribution in [1.29, 1.82) is 0 Å². The normalized spacial score (nSPS) is 11.5. The third-order valence-electron chi connectivity index (χ3n) is 1.46. The molecular weight excluding hydrogens is 304 g/mol. The Morgan fingerprint density at radius 2 is 2.27 bits per heavy atom. The van der Waals surface area contributed by atoms with Gasteiger partial charge in [0.2, 0.25) is 5.95 Å². The molecule has 0 unspecified atom stereocenters. The van der Waals surface area contributed by atoms with Crippen LogP contribution in [-0.4, -0.2) is 23.6 Å². The number of nitrogens with one attached hydrogen (secondary N) is 2. The van der Waals surface area contributed by atoms with E-state index in [1.54, 1.807) is 6.07 Å². The Bertz CT molecular complexity index is 547. The number of hydrogen-bond donors (Lipinski definition) is 2. The van der Waals surface area contributed by atoms with Crippen LogP contribution in [0.1, 0.15) is 0 Å². The van der Waals surface area contributed by atoms with Gasteiger partial charge in [-0.15, -0.1) is 11.3 Å². The highest BCUT2D eigenvalue weighted by Crippen LogP contribution is 2.26. The van der Waals surface area contributed by atoms with E-state index in [9.17, 15) is 8.42 Å². The minimum Gasteiger partial charge on any atom is -0.247 e. The maximum Gasteiger partial charge on any atom is 0.273 e. The van der Waals surface area contributed by atoms with Crippen LogP contribution in [0.2, 0.25) is 0 Å². The third kappa shape index (κ3) is 2.36. The molecule has 2 aromatic heterocycles. The molecule has 2 rings (SSSR count). The minimum absolute atomic E-state index is 0.0968. The van der Waals surface area contributed by atoms with Crippen molar-refractivity contribution < 1.29 is 8.42 Å². The van der Waals surface area contributed by atoms with E-state index in [0.717, 1.165) is 15.1 Å². The van der Waals surface area contributed by atoms with Crippen LogP contribution in [0.3, 0.4) is 0 Å². The number of halogens is 1. The predicted octanol–water partition coefficient (Wildman–Crippen LogP) is 1.43. The van der Waals surface area contributed by atoms with Crippen LogP contribution in [0.4, 0.5) is 5.95 Å². The molecular formula is C6H5BrN4O2S2. The summed E-state index contributed by atoms with van der Waals surface area (Å²) in [5.41, 5.74) is 0. The third-order valence-corrected chi connectivity index (χ3v) is 4.91. The Morgan fingerprint density at radius 1 is 1.47 bits per heavy atom. The second kappa shape index (κ2) is 3.91. The molecule has 0 aromatic carbocycles. The van der Waals surface area contributed by atoms with E-state index in [0.29, 0.717) is 0 Å². The van der Waals surface area contributed by atoms with Crippen LogP contribution in [0, 0.1) is 0 Å². The fourth-order valence-electron chi connectivity index (χ4n) is 0.874. The number of aromatic amines is 1. The van der Waals surface area contributed by atoms with Gasteiger partial charge in [0, 0.05) is 0 Å². The molecule has 80 valence electrons. The average molecular weight is 309 g/mol. The van der Waals surface area contributed by atoms with Crippen molar-refractivity contribution in [2.24, 2.45) is 0 Å². The summed E-state index contributed by atoms with van der Waals surface area (Å²) in [6.07, 6.45) is 1.22. The number of nitrogens with zero attached hydrogens (tertiary/aromatic N) is 2. The summed E-state index contributed by atoms with van der Waals surface area (Å²) < 4.78 is 26.6. The van der Waals surface area contributed by atoms with Gasteiger partial charge in [-0.2, -0.15) is 10.1 Å². The molecule has 6 nitrogen and oxygen atoms in total. The van der Waals surface area contributed by atoms with Gasteiger partial charge in [0.15, 0.2) is 0 Å². The second-order valence-corrected chi connectivity index (χ2v) is 6.87. The number of thiophene rings is 1. The first kappa shape index (κ1) is 10.6. The van der Waals surface area contributed by atoms with Gasteiger partial charge in [-0.3, -0.25) is 0 Å². The summed E-state index contributed by atoms with van der Waals surface area (Å²) >= 11 is 4.31. The Kier molecular flexibility index (Phi) is 2.76. The largest absolute Gasteiger partial charge is 0.273 e. The molecule has 0 aliphatic rings. The standard InChI is InChI=1S/C6H5BrN4O2S2/c7-4-1-2-5(14-4)15(12,13)11-6-8-3-9-10-6/h1-3H,(H2,8,9,10,11). The maximum absolute atomic E-state index is 11.7. The summed E-state index contributed by atoms with van der Waals surface area (Å²) in [5.74, 6) is 0.0968. The summed E-state index contributed by atoms with van der Waals surface area (Å²) in [6, 6.07) is 3.17. The van der Waals surface area contributed by atoms with E-state index in [-0.39, 0.29) is 10.2 Å². The molecule has 0 spiro atoms. The van der Waals surface area contributed by atoms with Crippen LogP contribution >= 0.6 is 27.3 Å². The fourth-order valence-corrected chi connectivity index (χ4v) is 3.85. The van der Waals surface area contributed by atoms with Crippen molar-refractivity contribution >= 4 is 43.2 Å². The lowest BCUT2D eigenvalue weighted by atomic mass is 10.7. The van der Waals surface area contributed by atoms with E-state index in [1.807, 2.05) is 0 Å². The zero-order valence-electron chi connectivity index (χ0n) is 7.14. The van der Waals surface area contributed by atoms with Crippen LogP contribution < -0.4 is 4.72 Å². The van der Waals surface area contributed by atoms with Gasteiger partial charge in [0.25, 0.3) is 10.0 Å². The molecule has 0 saturated heterocycles. The van der Waals surface area contributed by atoms with Crippen LogP contribution in [0.5, 0.6) is 0 Å². The Morgan fingerprint density at radius 3 is 2.80 bits per heavy atom. The molecule has 0 saturated carbocycles. The highest BCUT2D eigenvalue weighted by Gasteiger charge is 2.17. The van der Waals surface area contributed by atoms with Crippen molar-refractivity contribution in [3.05, 3.63) is 22.2 Å². The lowest BCUT2D eigenvalue weighted by molar-refractivity contribution is 0.603. The first-order valence-electron chi connectivity index (χ1n) is 3.71. The molecule has 15 heavy (non-hydrogen) atoms. The van der Waals surface area contributed by atoms with Gasteiger partial charge >= 0.3 is 0 Å². The molecule has 0 atom stereocenters. The number of H-pyrrole nitrogens is 1. The van der Waals surface area contributed by atoms with Gasteiger partial charge in [0.1, 0.15) is 10.5 Å². The van der Waals surface area contributed by atoms with Crippen molar-refractivity contribution in [1.82, 2.24) is 15.2 Å². The fraction of sp³-hybridized carbons (Fsp3) is 0. The van der Waals surface area contributed by atoms with E-state index in [1.165, 1.54) is 12.4 Å². The summed E-state index contributed by atoms with van der Waals surface area (Å²) in [7, 11) is -3.56. The van der Waals surface area contributed by atoms with Crippen LogP contribution in [0.15, 0.2) is 26.5 Å². The van der Waals surface area contributed by atoms with Gasteiger partial charge in [-0.25, -0.2) is 18.2 Å². The topological polar surface area (TPSA) is 87.7 Å². The van der Waals surface area contributed by atoms with Crippen LogP contribution in [0.25, 0.3) is 0 Å². The molecule has 0 fully saturated rings. The Hall–Kier alpha value is -0.930. The smallest absolute Gasteiger partial charge is 0.247 e. The zero-order valence-corrected chi connectivity index (χ0v) is 10.4. The van der Waals surface area contributed by atoms with E-state index in [4.69, 9.17) is 0 Å². The molecule has 2 heterocycles. The molecule has 0 radical (unpaired) electrons. The van der Waals surface area contributed by atoms with Crippen LogP contribution in [-0.2, 0) is 10.0 Å². The lowest BCUT2D eigenvalue weighted by Gasteiger charge is -2.00. The van der Waals surface area contributed by atoms with Gasteiger partial charge in [-0.1, -0.05) is 0 Å². The highest BCUT2D eigenvalue weighted by atomic mass is 79.9. The minimum atomic E-state index is -3.56. The van der Waals surface area contributed by atoms with E-state index < -0.39 is 10.0 Å². The lowest BCUT2D eigenvalue weighted by Crippen LogP contribution is -2.12. The zero-order chi connectivity index (χ0) is 10.9. The van der Waals surface area contributed by atoms with Crippen molar-refractivity contribution in [3.8, 4) is 0 Å². The quantitative estimate of drug-likeness (QED) is 0.898. The highest BCUT2D eigenvalue weighted by molar-refractivity contribution is 9.11. The number of sulfonamides is 1. The SMILES string of the molecule is O=S(=O)(Nc1ncn[nH]1)c1ccc(Br)s1. The molecule has 2 aromatic rings. The number of hydrogen-bond acceptors (Lipinski definition) is 5. The number of anilines is 1. The number of aromatic nitrogens is 3. The molecule has 0 amide bonds. The van der Waals surface area contributed by atoms with Crippen molar-refractivity contribution in [3.63, 3.8) is 0 Å². The monoisotopic (exact) mass is 308 g/mol. The maximum atomic E-state index is 11.7. The molecule has 0 aliphatic carbocycles. The molecule has 0 bridgehead atoms. The van der Waals surface area contributed by atoms with Crippen molar-refractivity contribution in [2.45, 2.75) is 4.21 Å². The average Bonchev–Trinajstić information content (AvgIpc) is 2.75. The summed E-state index contributed by atoms with van der Waals surface area (Å²) in [4.78, 5) is 3.67. The molecule has 0 aliphatic heterocycles. The van der Waals surface area contributed by atoms with E-state index >= 15 is 0 Å². The van der Waals surface area contributed by atoms with Gasteiger partial charge in [0.05, 0.1) is 3.79 Å². The predicted molar refractivity (Wildman–Crippen MR) is 59.2 cm³/mol. The first-order valence-corrected chi connectivity index (χ1v) is 6.81. The number of rotatable bonds is 3. The van der Waals surface area contributed by atoms with Gasteiger partial charge in [-0.05, 0) is 28.1 Å². The molecule has 2 N–H and O–H groups in total. The first-order chi connectivity index (χ1) is 7.08. The molecule has 9 heteroatoms. The summed E-state index contributed by atoms with van der Waals surface area (Å²) in [6.45, 7) is 0. The van der Waals surface area contributed by atoms with Gasteiger partial charge < -0.3 is 0 Å². The van der Waals surface area contributed by atoms with Crippen molar-refractivity contribution in [2.75, 3.05) is 4.72 Å². The Labute approximate surface area is 97.9 Å².